The number of para-hydroxylation sites is 2. The molecule has 1 aromatic heterocycles. The largest absolute Gasteiger partial charge is 0.342 e. The molecule has 1 fully saturated rings. The summed E-state index contributed by atoms with van der Waals surface area (Å²) < 4.78 is 2.34. The molecule has 1 aliphatic rings. The highest BCUT2D eigenvalue weighted by molar-refractivity contribution is 5.77. The normalized spacial score (nSPS) is 18.3. The molecular weight excluding hydrogens is 298 g/mol. The fourth-order valence-electron chi connectivity index (χ4n) is 3.69. The standard InChI is InChI=1S/C20H27N3O/c1-4-5-12-19(24)22-13-8-9-16(14-22)20-21-17-10-6-7-11-18(17)23(20)15(2)3/h4,6-7,10-11,15-16H,1,5,8-9,12-14H2,2-3H3. The number of allylic oxidation sites excluding steroid dienone is 1. The zero-order valence-electron chi connectivity index (χ0n) is 14.7. The van der Waals surface area contributed by atoms with E-state index in [-0.39, 0.29) is 5.91 Å². The van der Waals surface area contributed by atoms with E-state index in [9.17, 15) is 4.79 Å². The minimum atomic E-state index is 0.242. The highest BCUT2D eigenvalue weighted by Crippen LogP contribution is 2.31. The van der Waals surface area contributed by atoms with Gasteiger partial charge in [-0.25, -0.2) is 4.98 Å². The van der Waals surface area contributed by atoms with Crippen molar-refractivity contribution in [2.75, 3.05) is 13.1 Å². The molecule has 4 heteroatoms. The maximum absolute atomic E-state index is 12.4. The lowest BCUT2D eigenvalue weighted by atomic mass is 9.96. The van der Waals surface area contributed by atoms with Crippen LogP contribution in [0.1, 0.15) is 57.3 Å². The number of benzene rings is 1. The van der Waals surface area contributed by atoms with E-state index >= 15 is 0 Å². The van der Waals surface area contributed by atoms with Crippen LogP contribution in [0.25, 0.3) is 11.0 Å². The monoisotopic (exact) mass is 325 g/mol. The van der Waals surface area contributed by atoms with Gasteiger partial charge >= 0.3 is 0 Å². The van der Waals surface area contributed by atoms with E-state index in [1.54, 1.807) is 0 Å². The summed E-state index contributed by atoms with van der Waals surface area (Å²) in [5.74, 6) is 1.69. The second-order valence-corrected chi connectivity index (χ2v) is 6.93. The van der Waals surface area contributed by atoms with Gasteiger partial charge in [-0.3, -0.25) is 4.79 Å². The topological polar surface area (TPSA) is 38.1 Å². The fourth-order valence-corrected chi connectivity index (χ4v) is 3.69. The van der Waals surface area contributed by atoms with Crippen molar-refractivity contribution < 1.29 is 4.79 Å². The van der Waals surface area contributed by atoms with Crippen molar-refractivity contribution in [1.82, 2.24) is 14.5 Å². The molecule has 4 nitrogen and oxygen atoms in total. The van der Waals surface area contributed by atoms with Crippen LogP contribution in [-0.2, 0) is 4.79 Å². The Morgan fingerprint density at radius 3 is 2.96 bits per heavy atom. The van der Waals surface area contributed by atoms with E-state index in [1.807, 2.05) is 17.0 Å². The lowest BCUT2D eigenvalue weighted by Crippen LogP contribution is -2.39. The molecule has 1 amide bonds. The molecule has 0 N–H and O–H groups in total. The summed E-state index contributed by atoms with van der Waals surface area (Å²) in [5, 5.41) is 0. The Bertz CT molecular complexity index is 732. The zero-order valence-corrected chi connectivity index (χ0v) is 14.7. The number of aromatic nitrogens is 2. The van der Waals surface area contributed by atoms with Crippen molar-refractivity contribution in [3.05, 3.63) is 42.7 Å². The number of hydrogen-bond donors (Lipinski definition) is 0. The highest BCUT2D eigenvalue weighted by atomic mass is 16.2. The summed E-state index contributed by atoms with van der Waals surface area (Å²) in [6, 6.07) is 8.68. The summed E-state index contributed by atoms with van der Waals surface area (Å²) in [4.78, 5) is 19.3. The van der Waals surface area contributed by atoms with Gasteiger partial charge in [0, 0.05) is 31.5 Å². The maximum Gasteiger partial charge on any atom is 0.222 e. The molecule has 2 aromatic rings. The Morgan fingerprint density at radius 2 is 2.21 bits per heavy atom. The van der Waals surface area contributed by atoms with Crippen LogP contribution in [0.3, 0.4) is 0 Å². The Balaban J connectivity index is 1.88. The fraction of sp³-hybridized carbons (Fsp3) is 0.500. The predicted octanol–water partition coefficient (Wildman–Crippen LogP) is 4.29. The first kappa shape index (κ1) is 16.7. The van der Waals surface area contributed by atoms with Crippen LogP contribution in [0, 0.1) is 0 Å². The first-order valence-corrected chi connectivity index (χ1v) is 8.97. The SMILES string of the molecule is C=CCCC(=O)N1CCCC(c2nc3ccccc3n2C(C)C)C1. The summed E-state index contributed by atoms with van der Waals surface area (Å²) in [5.41, 5.74) is 2.24. The third kappa shape index (κ3) is 3.23. The maximum atomic E-state index is 12.4. The molecule has 0 saturated carbocycles. The number of rotatable bonds is 5. The van der Waals surface area contributed by atoms with E-state index in [4.69, 9.17) is 4.98 Å². The average molecular weight is 325 g/mol. The van der Waals surface area contributed by atoms with E-state index in [0.29, 0.717) is 18.4 Å². The molecule has 1 aromatic carbocycles. The predicted molar refractivity (Wildman–Crippen MR) is 98.1 cm³/mol. The van der Waals surface area contributed by atoms with E-state index < -0.39 is 0 Å². The molecule has 0 bridgehead atoms. The number of amides is 1. The molecule has 3 rings (SSSR count). The molecule has 1 unspecified atom stereocenters. The van der Waals surface area contributed by atoms with Crippen molar-refractivity contribution in [3.8, 4) is 0 Å². The van der Waals surface area contributed by atoms with E-state index in [1.165, 1.54) is 5.52 Å². The Morgan fingerprint density at radius 1 is 1.42 bits per heavy atom. The Labute approximate surface area is 144 Å². The molecule has 0 aliphatic carbocycles. The van der Waals surface area contributed by atoms with Crippen molar-refractivity contribution in [1.29, 1.82) is 0 Å². The molecule has 2 heterocycles. The molecule has 24 heavy (non-hydrogen) atoms. The number of nitrogens with zero attached hydrogens (tertiary/aromatic N) is 3. The van der Waals surface area contributed by atoms with Crippen LogP contribution < -0.4 is 0 Å². The smallest absolute Gasteiger partial charge is 0.222 e. The van der Waals surface area contributed by atoms with Gasteiger partial charge in [0.1, 0.15) is 5.82 Å². The molecule has 0 spiro atoms. The minimum absolute atomic E-state index is 0.242. The van der Waals surface area contributed by atoms with Gasteiger partial charge in [-0.2, -0.15) is 0 Å². The van der Waals surface area contributed by atoms with Gasteiger partial charge in [0.25, 0.3) is 0 Å². The number of piperidine rings is 1. The van der Waals surface area contributed by atoms with Gasteiger partial charge in [0.15, 0.2) is 0 Å². The van der Waals surface area contributed by atoms with Crippen LogP contribution in [-0.4, -0.2) is 33.4 Å². The third-order valence-electron chi connectivity index (χ3n) is 4.84. The lowest BCUT2D eigenvalue weighted by Gasteiger charge is -2.33. The molecule has 0 radical (unpaired) electrons. The van der Waals surface area contributed by atoms with Crippen molar-refractivity contribution in [3.63, 3.8) is 0 Å². The molecule has 128 valence electrons. The molecule has 1 aliphatic heterocycles. The van der Waals surface area contributed by atoms with Crippen molar-refractivity contribution >= 4 is 16.9 Å². The number of carbonyl (C=O) groups is 1. The lowest BCUT2D eigenvalue weighted by molar-refractivity contribution is -0.132. The number of likely N-dealkylation sites (tertiary alicyclic amines) is 1. The van der Waals surface area contributed by atoms with Gasteiger partial charge < -0.3 is 9.47 Å². The van der Waals surface area contributed by atoms with Crippen LogP contribution in [0.2, 0.25) is 0 Å². The Kier molecular flexibility index (Phi) is 5.03. The van der Waals surface area contributed by atoms with Crippen LogP contribution in [0.15, 0.2) is 36.9 Å². The molecular formula is C20H27N3O. The third-order valence-corrected chi connectivity index (χ3v) is 4.84. The highest BCUT2D eigenvalue weighted by Gasteiger charge is 2.28. The van der Waals surface area contributed by atoms with Gasteiger partial charge in [-0.05, 0) is 45.2 Å². The van der Waals surface area contributed by atoms with E-state index in [2.05, 4.69) is 43.2 Å². The number of imidazole rings is 1. The van der Waals surface area contributed by atoms with Gasteiger partial charge in [-0.1, -0.05) is 18.2 Å². The van der Waals surface area contributed by atoms with Crippen LogP contribution in [0.4, 0.5) is 0 Å². The minimum Gasteiger partial charge on any atom is -0.342 e. The van der Waals surface area contributed by atoms with Gasteiger partial charge in [-0.15, -0.1) is 6.58 Å². The summed E-state index contributed by atoms with van der Waals surface area (Å²) in [6.07, 6.45) is 5.28. The average Bonchev–Trinajstić information content (AvgIpc) is 2.99. The quantitative estimate of drug-likeness (QED) is 0.769. The first-order valence-electron chi connectivity index (χ1n) is 8.97. The molecule has 1 saturated heterocycles. The Hall–Kier alpha value is -2.10. The van der Waals surface area contributed by atoms with E-state index in [0.717, 1.165) is 43.7 Å². The van der Waals surface area contributed by atoms with Crippen molar-refractivity contribution in [2.24, 2.45) is 0 Å². The van der Waals surface area contributed by atoms with Crippen LogP contribution >= 0.6 is 0 Å². The number of carbonyl (C=O) groups excluding carboxylic acids is 1. The summed E-state index contributed by atoms with van der Waals surface area (Å²) in [6.45, 7) is 9.77. The first-order chi connectivity index (χ1) is 11.6. The van der Waals surface area contributed by atoms with Gasteiger partial charge in [0.05, 0.1) is 11.0 Å². The van der Waals surface area contributed by atoms with Crippen LogP contribution in [0.5, 0.6) is 0 Å². The number of hydrogen-bond acceptors (Lipinski definition) is 2. The molecule has 1 atom stereocenters. The van der Waals surface area contributed by atoms with Crippen molar-refractivity contribution in [2.45, 2.75) is 51.5 Å². The number of fused-ring (bicyclic) bond motifs is 1. The second-order valence-electron chi connectivity index (χ2n) is 6.93. The zero-order chi connectivity index (χ0) is 17.1. The summed E-state index contributed by atoms with van der Waals surface area (Å²) >= 11 is 0. The summed E-state index contributed by atoms with van der Waals surface area (Å²) in [7, 11) is 0. The van der Waals surface area contributed by atoms with Gasteiger partial charge in [0.2, 0.25) is 5.91 Å². The second kappa shape index (κ2) is 7.20.